The molecule has 2 aromatic carbocycles. The fourth-order valence-electron chi connectivity index (χ4n) is 1.79. The zero-order valence-corrected chi connectivity index (χ0v) is 11.0. The minimum absolute atomic E-state index is 0.504. The van der Waals surface area contributed by atoms with Gasteiger partial charge in [-0.15, -0.1) is 0 Å². The number of benzene rings is 2. The lowest BCUT2D eigenvalue weighted by molar-refractivity contribution is 0.414. The van der Waals surface area contributed by atoms with E-state index >= 15 is 0 Å². The van der Waals surface area contributed by atoms with Crippen LogP contribution < -0.4 is 4.74 Å². The van der Waals surface area contributed by atoms with Gasteiger partial charge < -0.3 is 4.74 Å². The van der Waals surface area contributed by atoms with Crippen LogP contribution in [0, 0.1) is 6.07 Å². The van der Waals surface area contributed by atoms with E-state index in [1.54, 1.807) is 7.11 Å². The molecule has 0 saturated heterocycles. The van der Waals surface area contributed by atoms with Crippen molar-refractivity contribution in [3.8, 4) is 5.75 Å². The van der Waals surface area contributed by atoms with E-state index in [1.807, 2.05) is 42.5 Å². The molecule has 0 N–H and O–H groups in total. The summed E-state index contributed by atoms with van der Waals surface area (Å²) in [5.74, 6) is 1.36. The van der Waals surface area contributed by atoms with Gasteiger partial charge in [-0.2, -0.15) is 0 Å². The molecule has 0 fully saturated rings. The monoisotopic (exact) mass is 258 g/mol. The molecule has 18 heavy (non-hydrogen) atoms. The predicted octanol–water partition coefficient (Wildman–Crippen LogP) is 3.01. The van der Waals surface area contributed by atoms with Crippen molar-refractivity contribution in [1.82, 2.24) is 0 Å². The molecule has 0 aliphatic carbocycles. The molecular weight excluding hydrogens is 244 g/mol. The summed E-state index contributed by atoms with van der Waals surface area (Å²) in [7, 11) is 1.66. The Balaban J connectivity index is 2.12. The van der Waals surface area contributed by atoms with Crippen LogP contribution in [0.3, 0.4) is 0 Å². The number of hydrogen-bond donors (Lipinski definition) is 0. The molecule has 91 valence electrons. The van der Waals surface area contributed by atoms with Gasteiger partial charge in [-0.25, -0.2) is 0 Å². The van der Waals surface area contributed by atoms with Gasteiger partial charge in [0, 0.05) is 9.77 Å². The summed E-state index contributed by atoms with van der Waals surface area (Å²) in [6.07, 6.45) is 0.821. The minimum Gasteiger partial charge on any atom is -0.497 e. The van der Waals surface area contributed by atoms with Crippen LogP contribution in [0.4, 0.5) is 0 Å². The van der Waals surface area contributed by atoms with E-state index in [1.165, 1.54) is 5.56 Å². The van der Waals surface area contributed by atoms with Crippen LogP contribution in [-0.4, -0.2) is 7.11 Å². The molecular formula is C15H14O2S+. The number of methoxy groups -OCH3 is 1. The smallest absolute Gasteiger partial charge is 0.463 e. The van der Waals surface area contributed by atoms with Gasteiger partial charge >= 0.3 is 11.7 Å². The van der Waals surface area contributed by atoms with Gasteiger partial charge in [-0.3, -0.25) is 0 Å². The topological polar surface area (TPSA) is 26.3 Å². The maximum atomic E-state index is 10.5. The van der Waals surface area contributed by atoms with Gasteiger partial charge in [0.05, 0.1) is 7.11 Å². The zero-order chi connectivity index (χ0) is 12.8. The maximum Gasteiger partial charge on any atom is 0.463 e. The van der Waals surface area contributed by atoms with Crippen LogP contribution in [0.5, 0.6) is 5.75 Å². The molecule has 0 saturated carbocycles. The highest BCUT2D eigenvalue weighted by atomic mass is 32.1. The molecule has 0 spiro atoms. The molecule has 0 aliphatic heterocycles. The summed E-state index contributed by atoms with van der Waals surface area (Å²) in [6.45, 7) is 0. The summed E-state index contributed by atoms with van der Waals surface area (Å²) >= 11 is 0.594. The first-order chi connectivity index (χ1) is 8.81. The van der Waals surface area contributed by atoms with Crippen molar-refractivity contribution in [1.29, 1.82) is 0 Å². The molecule has 2 nitrogen and oxygen atoms in total. The van der Waals surface area contributed by atoms with Crippen LogP contribution in [0.1, 0.15) is 16.7 Å². The highest BCUT2D eigenvalue weighted by Crippen LogP contribution is 2.15. The summed E-state index contributed by atoms with van der Waals surface area (Å²) in [4.78, 5) is 0. The van der Waals surface area contributed by atoms with E-state index < -0.39 is 0 Å². The Hall–Kier alpha value is -1.74. The quantitative estimate of drug-likeness (QED) is 0.771. The highest BCUT2D eigenvalue weighted by molar-refractivity contribution is 7.64. The van der Waals surface area contributed by atoms with Gasteiger partial charge in [0.15, 0.2) is 0 Å². The minimum atomic E-state index is 0.504. The SMILES string of the molecule is COc1ccc(Cc2[c]ccc(C[S+]=O)c2)cc1. The van der Waals surface area contributed by atoms with E-state index in [0.29, 0.717) is 17.4 Å². The first kappa shape index (κ1) is 12.7. The summed E-state index contributed by atoms with van der Waals surface area (Å²) in [5, 5.41) is 0. The second kappa shape index (κ2) is 6.26. The maximum absolute atomic E-state index is 10.5. The Morgan fingerprint density at radius 1 is 1.17 bits per heavy atom. The number of rotatable bonds is 5. The van der Waals surface area contributed by atoms with Gasteiger partial charge in [0.25, 0.3) is 5.75 Å². The molecule has 0 atom stereocenters. The molecule has 0 aliphatic rings. The van der Waals surface area contributed by atoms with Gasteiger partial charge in [0.2, 0.25) is 0 Å². The van der Waals surface area contributed by atoms with E-state index in [0.717, 1.165) is 23.3 Å². The largest absolute Gasteiger partial charge is 0.497 e. The fraction of sp³-hybridized carbons (Fsp3) is 0.200. The molecule has 0 amide bonds. The molecule has 0 heterocycles. The highest BCUT2D eigenvalue weighted by Gasteiger charge is 2.04. The molecule has 2 rings (SSSR count). The van der Waals surface area contributed by atoms with E-state index in [-0.39, 0.29) is 0 Å². The third-order valence-electron chi connectivity index (χ3n) is 2.70. The molecule has 1 radical (unpaired) electrons. The first-order valence-corrected chi connectivity index (χ1v) is 6.60. The molecule has 0 unspecified atom stereocenters. The molecule has 0 aromatic heterocycles. The summed E-state index contributed by atoms with van der Waals surface area (Å²) in [6, 6.07) is 17.0. The van der Waals surface area contributed by atoms with E-state index in [2.05, 4.69) is 6.07 Å². The van der Waals surface area contributed by atoms with Crippen molar-refractivity contribution >= 4 is 11.7 Å². The lowest BCUT2D eigenvalue weighted by Gasteiger charge is -2.04. The van der Waals surface area contributed by atoms with E-state index in [4.69, 9.17) is 4.74 Å². The zero-order valence-electron chi connectivity index (χ0n) is 10.2. The summed E-state index contributed by atoms with van der Waals surface area (Å²) in [5.41, 5.74) is 3.36. The fourth-order valence-corrected chi connectivity index (χ4v) is 2.11. The Morgan fingerprint density at radius 2 is 1.94 bits per heavy atom. The van der Waals surface area contributed by atoms with Crippen LogP contribution in [-0.2, 0) is 28.0 Å². The standard InChI is InChI=1S/C15H14O2S/c1-17-15-7-5-12(6-8-15)9-13-3-2-4-14(10-13)11-18-16/h2,4-8,10H,9,11H2,1H3/q+1. The Labute approximate surface area is 111 Å². The third kappa shape index (κ3) is 3.37. The molecule has 0 bridgehead atoms. The number of hydrogen-bond acceptors (Lipinski definition) is 2. The van der Waals surface area contributed by atoms with Gasteiger partial charge in [-0.1, -0.05) is 24.3 Å². The van der Waals surface area contributed by atoms with Crippen LogP contribution >= 0.6 is 0 Å². The first-order valence-electron chi connectivity index (χ1n) is 5.69. The van der Waals surface area contributed by atoms with Crippen LogP contribution in [0.25, 0.3) is 0 Å². The third-order valence-corrected chi connectivity index (χ3v) is 3.16. The Morgan fingerprint density at radius 3 is 2.61 bits per heavy atom. The van der Waals surface area contributed by atoms with Gasteiger partial charge in [-0.05, 0) is 41.8 Å². The number of ether oxygens (including phenoxy) is 1. The lowest BCUT2D eigenvalue weighted by Crippen LogP contribution is -1.91. The lowest BCUT2D eigenvalue weighted by atomic mass is 10.0. The summed E-state index contributed by atoms with van der Waals surface area (Å²) < 4.78 is 15.7. The van der Waals surface area contributed by atoms with Crippen LogP contribution in [0.2, 0.25) is 0 Å². The second-order valence-electron chi connectivity index (χ2n) is 4.01. The molecule has 2 aromatic rings. The van der Waals surface area contributed by atoms with E-state index in [9.17, 15) is 4.21 Å². The second-order valence-corrected chi connectivity index (χ2v) is 4.53. The van der Waals surface area contributed by atoms with Crippen LogP contribution in [0.15, 0.2) is 42.5 Å². The van der Waals surface area contributed by atoms with Crippen molar-refractivity contribution in [3.05, 3.63) is 65.2 Å². The average Bonchev–Trinajstić information content (AvgIpc) is 2.40. The average molecular weight is 258 g/mol. The van der Waals surface area contributed by atoms with Crippen molar-refractivity contribution in [2.24, 2.45) is 0 Å². The normalized spacial score (nSPS) is 10.1. The Bertz CT molecular complexity index is 520. The predicted molar refractivity (Wildman–Crippen MR) is 72.8 cm³/mol. The van der Waals surface area contributed by atoms with Crippen molar-refractivity contribution < 1.29 is 8.95 Å². The van der Waals surface area contributed by atoms with Crippen molar-refractivity contribution in [2.75, 3.05) is 7.11 Å². The van der Waals surface area contributed by atoms with Gasteiger partial charge in [0.1, 0.15) is 5.75 Å². The molecule has 3 heteroatoms. The Kier molecular flexibility index (Phi) is 4.42. The van der Waals surface area contributed by atoms with Crippen molar-refractivity contribution in [2.45, 2.75) is 12.2 Å². The van der Waals surface area contributed by atoms with Crippen molar-refractivity contribution in [3.63, 3.8) is 0 Å².